The van der Waals surface area contributed by atoms with E-state index >= 15 is 0 Å². The third-order valence-corrected chi connectivity index (χ3v) is 3.55. The molecule has 90 valence electrons. The lowest BCUT2D eigenvalue weighted by atomic mass is 9.75. The van der Waals surface area contributed by atoms with Gasteiger partial charge in [0.15, 0.2) is 0 Å². The quantitative estimate of drug-likeness (QED) is 0.820. The first kappa shape index (κ1) is 11.6. The van der Waals surface area contributed by atoms with E-state index in [0.29, 0.717) is 11.5 Å². The van der Waals surface area contributed by atoms with Gasteiger partial charge < -0.3 is 10.3 Å². The minimum Gasteiger partial charge on any atom is -0.349 e. The van der Waals surface area contributed by atoms with Crippen molar-refractivity contribution < 1.29 is 0 Å². The molecule has 2 N–H and O–H groups in total. The molecular formula is C13H23N3. The predicted octanol–water partition coefficient (Wildman–Crippen LogP) is 2.51. The van der Waals surface area contributed by atoms with Crippen LogP contribution in [0, 0.1) is 5.41 Å². The number of hydrogen-bond acceptors (Lipinski definition) is 2. The van der Waals surface area contributed by atoms with E-state index in [1.165, 1.54) is 25.7 Å². The van der Waals surface area contributed by atoms with Crippen molar-refractivity contribution in [2.24, 2.45) is 5.41 Å². The Morgan fingerprint density at radius 2 is 2.44 bits per heavy atom. The van der Waals surface area contributed by atoms with Crippen LogP contribution in [-0.4, -0.2) is 22.6 Å². The number of H-pyrrole nitrogens is 1. The third-order valence-electron chi connectivity index (χ3n) is 3.55. The van der Waals surface area contributed by atoms with Crippen LogP contribution >= 0.6 is 0 Å². The summed E-state index contributed by atoms with van der Waals surface area (Å²) in [7, 11) is 0. The molecule has 1 aromatic heterocycles. The zero-order chi connectivity index (χ0) is 11.4. The summed E-state index contributed by atoms with van der Waals surface area (Å²) in [5.41, 5.74) is 0.528. The monoisotopic (exact) mass is 221 g/mol. The molecule has 1 aliphatic rings. The molecule has 1 atom stereocenters. The van der Waals surface area contributed by atoms with Crippen molar-refractivity contribution >= 4 is 0 Å². The van der Waals surface area contributed by atoms with Gasteiger partial charge in [0.2, 0.25) is 0 Å². The summed E-state index contributed by atoms with van der Waals surface area (Å²) in [6.45, 7) is 5.80. The van der Waals surface area contributed by atoms with Gasteiger partial charge in [-0.25, -0.2) is 4.98 Å². The minimum atomic E-state index is 0.528. The summed E-state index contributed by atoms with van der Waals surface area (Å²) in [6.07, 6.45) is 10.1. The predicted molar refractivity (Wildman–Crippen MR) is 66.3 cm³/mol. The zero-order valence-electron chi connectivity index (χ0n) is 10.4. The van der Waals surface area contributed by atoms with Crippen LogP contribution in [0.3, 0.4) is 0 Å². The number of hydrogen-bond donors (Lipinski definition) is 2. The Bertz CT molecular complexity index is 303. The van der Waals surface area contributed by atoms with Crippen LogP contribution < -0.4 is 5.32 Å². The number of nitrogens with zero attached hydrogens (tertiary/aromatic N) is 1. The van der Waals surface area contributed by atoms with Gasteiger partial charge in [-0.2, -0.15) is 0 Å². The highest BCUT2D eigenvalue weighted by Crippen LogP contribution is 2.34. The summed E-state index contributed by atoms with van der Waals surface area (Å²) in [5, 5.41) is 3.66. The van der Waals surface area contributed by atoms with Gasteiger partial charge in [0, 0.05) is 31.4 Å². The van der Waals surface area contributed by atoms with Crippen molar-refractivity contribution in [1.29, 1.82) is 0 Å². The lowest BCUT2D eigenvalue weighted by Crippen LogP contribution is -2.38. The first-order chi connectivity index (χ1) is 7.66. The number of aromatic amines is 1. The van der Waals surface area contributed by atoms with Crippen LogP contribution in [0.4, 0.5) is 0 Å². The number of aromatic nitrogens is 2. The molecule has 0 spiro atoms. The molecule has 1 unspecified atom stereocenters. The van der Waals surface area contributed by atoms with Gasteiger partial charge in [0.1, 0.15) is 5.82 Å². The second-order valence-electron chi connectivity index (χ2n) is 5.70. The van der Waals surface area contributed by atoms with Gasteiger partial charge in [-0.05, 0) is 24.7 Å². The van der Waals surface area contributed by atoms with Crippen LogP contribution in [-0.2, 0) is 6.42 Å². The molecule has 1 aromatic rings. The van der Waals surface area contributed by atoms with Crippen LogP contribution in [0.25, 0.3) is 0 Å². The Labute approximate surface area is 98.1 Å². The molecule has 1 heterocycles. The molecule has 2 rings (SSSR count). The van der Waals surface area contributed by atoms with Crippen molar-refractivity contribution in [2.75, 3.05) is 6.54 Å². The average Bonchev–Trinajstić information content (AvgIpc) is 2.69. The smallest absolute Gasteiger partial charge is 0.107 e. The highest BCUT2D eigenvalue weighted by Gasteiger charge is 2.27. The molecule has 16 heavy (non-hydrogen) atoms. The summed E-state index contributed by atoms with van der Waals surface area (Å²) in [5.74, 6) is 1.09. The maximum absolute atomic E-state index is 4.23. The molecule has 0 aliphatic heterocycles. The topological polar surface area (TPSA) is 40.7 Å². The van der Waals surface area contributed by atoms with Gasteiger partial charge in [0.25, 0.3) is 0 Å². The Balaban J connectivity index is 1.70. The lowest BCUT2D eigenvalue weighted by molar-refractivity contribution is 0.199. The number of imidazole rings is 1. The first-order valence-electron chi connectivity index (χ1n) is 6.37. The molecule has 0 radical (unpaired) electrons. The third kappa shape index (κ3) is 3.34. The SMILES string of the molecule is CC1(C)CCCC(NCCc2ncc[nH]2)C1. The van der Waals surface area contributed by atoms with E-state index in [0.717, 1.165) is 18.8 Å². The molecule has 1 saturated carbocycles. The van der Waals surface area contributed by atoms with Crippen molar-refractivity contribution in [3.8, 4) is 0 Å². The summed E-state index contributed by atoms with van der Waals surface area (Å²) in [4.78, 5) is 7.37. The normalized spacial score (nSPS) is 24.5. The van der Waals surface area contributed by atoms with Crippen molar-refractivity contribution in [1.82, 2.24) is 15.3 Å². The standard InChI is InChI=1S/C13H23N3/c1-13(2)6-3-4-11(10-13)14-7-5-12-15-8-9-16-12/h8-9,11,14H,3-7,10H2,1-2H3,(H,15,16). The summed E-state index contributed by atoms with van der Waals surface area (Å²) < 4.78 is 0. The van der Waals surface area contributed by atoms with Crippen LogP contribution in [0.15, 0.2) is 12.4 Å². The lowest BCUT2D eigenvalue weighted by Gasteiger charge is -2.35. The minimum absolute atomic E-state index is 0.528. The van der Waals surface area contributed by atoms with E-state index in [-0.39, 0.29) is 0 Å². The van der Waals surface area contributed by atoms with Crippen molar-refractivity contribution in [3.05, 3.63) is 18.2 Å². The first-order valence-corrected chi connectivity index (χ1v) is 6.37. The highest BCUT2D eigenvalue weighted by atomic mass is 14.9. The molecule has 0 bridgehead atoms. The average molecular weight is 221 g/mol. The molecule has 0 amide bonds. The number of nitrogens with one attached hydrogen (secondary N) is 2. The van der Waals surface area contributed by atoms with Crippen molar-refractivity contribution in [2.45, 2.75) is 52.0 Å². The van der Waals surface area contributed by atoms with Crippen molar-refractivity contribution in [3.63, 3.8) is 0 Å². The van der Waals surface area contributed by atoms with Gasteiger partial charge >= 0.3 is 0 Å². The molecule has 1 fully saturated rings. The molecule has 0 saturated heterocycles. The largest absolute Gasteiger partial charge is 0.349 e. The van der Waals surface area contributed by atoms with E-state index in [2.05, 4.69) is 29.1 Å². The molecule has 1 aliphatic carbocycles. The van der Waals surface area contributed by atoms with Crippen LogP contribution in [0.1, 0.15) is 45.4 Å². The fraction of sp³-hybridized carbons (Fsp3) is 0.769. The molecule has 3 heteroatoms. The van der Waals surface area contributed by atoms with Gasteiger partial charge in [0.05, 0.1) is 0 Å². The van der Waals surface area contributed by atoms with E-state index < -0.39 is 0 Å². The van der Waals surface area contributed by atoms with E-state index in [4.69, 9.17) is 0 Å². The Hall–Kier alpha value is -0.830. The maximum Gasteiger partial charge on any atom is 0.107 e. The maximum atomic E-state index is 4.23. The van der Waals surface area contributed by atoms with E-state index in [9.17, 15) is 0 Å². The fourth-order valence-electron chi connectivity index (χ4n) is 2.70. The van der Waals surface area contributed by atoms with Crippen LogP contribution in [0.2, 0.25) is 0 Å². The Kier molecular flexibility index (Phi) is 3.64. The highest BCUT2D eigenvalue weighted by molar-refractivity contribution is 4.89. The summed E-state index contributed by atoms with van der Waals surface area (Å²) >= 11 is 0. The van der Waals surface area contributed by atoms with Gasteiger partial charge in [-0.15, -0.1) is 0 Å². The Morgan fingerprint density at radius 3 is 3.12 bits per heavy atom. The zero-order valence-corrected chi connectivity index (χ0v) is 10.4. The summed E-state index contributed by atoms with van der Waals surface area (Å²) in [6, 6.07) is 0.707. The van der Waals surface area contributed by atoms with E-state index in [1.54, 1.807) is 0 Å². The van der Waals surface area contributed by atoms with Gasteiger partial charge in [-0.3, -0.25) is 0 Å². The second-order valence-corrected chi connectivity index (χ2v) is 5.70. The fourth-order valence-corrected chi connectivity index (χ4v) is 2.70. The second kappa shape index (κ2) is 5.00. The van der Waals surface area contributed by atoms with Crippen LogP contribution in [0.5, 0.6) is 0 Å². The molecular weight excluding hydrogens is 198 g/mol. The Morgan fingerprint density at radius 1 is 1.56 bits per heavy atom. The molecule has 0 aromatic carbocycles. The molecule has 3 nitrogen and oxygen atoms in total. The van der Waals surface area contributed by atoms with Gasteiger partial charge in [-0.1, -0.05) is 20.3 Å². The van der Waals surface area contributed by atoms with E-state index in [1.807, 2.05) is 12.4 Å². The number of rotatable bonds is 4.